The van der Waals surface area contributed by atoms with Gasteiger partial charge in [0.25, 0.3) is 0 Å². The minimum atomic E-state index is 0.380. The van der Waals surface area contributed by atoms with Crippen LogP contribution in [0.2, 0.25) is 15.2 Å². The summed E-state index contributed by atoms with van der Waals surface area (Å²) in [5.74, 6) is 0. The molecule has 0 N–H and O–H groups in total. The van der Waals surface area contributed by atoms with Crippen LogP contribution in [0.25, 0.3) is 10.8 Å². The van der Waals surface area contributed by atoms with Crippen molar-refractivity contribution in [3.05, 3.63) is 39.6 Å². The van der Waals surface area contributed by atoms with Gasteiger partial charge in [-0.3, -0.25) is 0 Å². The number of fused-ring (bicyclic) bond motifs is 1. The van der Waals surface area contributed by atoms with E-state index in [1.165, 1.54) is 0 Å². The Morgan fingerprint density at radius 1 is 1.00 bits per heavy atom. The number of hydrogen-bond acceptors (Lipinski definition) is 1. The second kappa shape index (κ2) is 3.33. The Kier molecular flexibility index (Phi) is 2.33. The van der Waals surface area contributed by atoms with Crippen LogP contribution >= 0.6 is 34.8 Å². The zero-order valence-electron chi connectivity index (χ0n) is 6.39. The molecule has 66 valence electrons. The Hall–Kier alpha value is -0.500. The van der Waals surface area contributed by atoms with E-state index in [9.17, 15) is 0 Å². The Morgan fingerprint density at radius 2 is 1.77 bits per heavy atom. The van der Waals surface area contributed by atoms with Crippen LogP contribution in [0.1, 0.15) is 0 Å². The summed E-state index contributed by atoms with van der Waals surface area (Å²) < 4.78 is 0. The predicted molar refractivity (Wildman–Crippen MR) is 56.8 cm³/mol. The quantitative estimate of drug-likeness (QED) is 0.621. The molecule has 2 aromatic rings. The van der Waals surface area contributed by atoms with Crippen LogP contribution in [0.4, 0.5) is 0 Å². The number of hydrogen-bond donors (Lipinski definition) is 0. The zero-order valence-corrected chi connectivity index (χ0v) is 8.66. The number of nitrogens with zero attached hydrogens (tertiary/aromatic N) is 1. The van der Waals surface area contributed by atoms with Crippen LogP contribution in [-0.2, 0) is 0 Å². The van der Waals surface area contributed by atoms with E-state index >= 15 is 0 Å². The van der Waals surface area contributed by atoms with Gasteiger partial charge >= 0.3 is 0 Å². The van der Waals surface area contributed by atoms with E-state index in [-0.39, 0.29) is 0 Å². The Balaban J connectivity index is 2.97. The van der Waals surface area contributed by atoms with Crippen molar-refractivity contribution in [2.75, 3.05) is 0 Å². The molecule has 13 heavy (non-hydrogen) atoms. The van der Waals surface area contributed by atoms with Crippen molar-refractivity contribution in [3.63, 3.8) is 0 Å². The van der Waals surface area contributed by atoms with E-state index in [4.69, 9.17) is 34.8 Å². The molecule has 0 spiro atoms. The first-order chi connectivity index (χ1) is 6.20. The SMILES string of the molecule is Clc1ccc2ccnc(Cl)c2c1Cl. The van der Waals surface area contributed by atoms with E-state index in [1.54, 1.807) is 12.3 Å². The van der Waals surface area contributed by atoms with Gasteiger partial charge in [-0.15, -0.1) is 0 Å². The normalized spacial score (nSPS) is 10.7. The van der Waals surface area contributed by atoms with Gasteiger partial charge in [0.1, 0.15) is 5.15 Å². The molecule has 0 aliphatic rings. The van der Waals surface area contributed by atoms with Gasteiger partial charge in [-0.1, -0.05) is 40.9 Å². The molecule has 1 aromatic heterocycles. The van der Waals surface area contributed by atoms with Crippen molar-refractivity contribution < 1.29 is 0 Å². The summed E-state index contributed by atoms with van der Waals surface area (Å²) in [5, 5.41) is 2.97. The second-order valence-electron chi connectivity index (χ2n) is 2.56. The van der Waals surface area contributed by atoms with Gasteiger partial charge in [-0.2, -0.15) is 0 Å². The van der Waals surface area contributed by atoms with Crippen LogP contribution < -0.4 is 0 Å². The summed E-state index contributed by atoms with van der Waals surface area (Å²) in [4.78, 5) is 3.93. The largest absolute Gasteiger partial charge is 0.244 e. The fourth-order valence-electron chi connectivity index (χ4n) is 1.16. The molecule has 0 aliphatic heterocycles. The molecule has 0 atom stereocenters. The highest BCUT2D eigenvalue weighted by Crippen LogP contribution is 2.33. The minimum absolute atomic E-state index is 0.380. The third-order valence-corrected chi connectivity index (χ3v) is 2.87. The molecule has 1 nitrogen and oxygen atoms in total. The lowest BCUT2D eigenvalue weighted by atomic mass is 10.2. The van der Waals surface area contributed by atoms with Crippen molar-refractivity contribution >= 4 is 45.6 Å². The van der Waals surface area contributed by atoms with Gasteiger partial charge in [0.15, 0.2) is 0 Å². The van der Waals surface area contributed by atoms with Crippen LogP contribution in [0.3, 0.4) is 0 Å². The number of aromatic nitrogens is 1. The number of halogens is 3. The maximum atomic E-state index is 5.97. The van der Waals surface area contributed by atoms with Crippen molar-refractivity contribution in [2.24, 2.45) is 0 Å². The molecule has 1 heterocycles. The number of pyridine rings is 1. The third kappa shape index (κ3) is 1.48. The number of rotatable bonds is 0. The maximum absolute atomic E-state index is 5.97. The van der Waals surface area contributed by atoms with Crippen molar-refractivity contribution in [1.82, 2.24) is 4.98 Å². The molecule has 0 radical (unpaired) electrons. The van der Waals surface area contributed by atoms with E-state index in [2.05, 4.69) is 4.98 Å². The molecule has 0 unspecified atom stereocenters. The second-order valence-corrected chi connectivity index (χ2v) is 3.70. The zero-order chi connectivity index (χ0) is 9.42. The standard InChI is InChI=1S/C9H4Cl3N/c10-6-2-1-5-3-4-13-9(12)7(5)8(6)11/h1-4H. The Labute approximate surface area is 90.2 Å². The van der Waals surface area contributed by atoms with Gasteiger partial charge in [0.2, 0.25) is 0 Å². The molecule has 4 heteroatoms. The van der Waals surface area contributed by atoms with E-state index < -0.39 is 0 Å². The molecule has 0 saturated carbocycles. The first-order valence-electron chi connectivity index (χ1n) is 3.58. The Morgan fingerprint density at radius 3 is 2.54 bits per heavy atom. The first-order valence-corrected chi connectivity index (χ1v) is 4.72. The fraction of sp³-hybridized carbons (Fsp3) is 0. The summed E-state index contributed by atoms with van der Waals surface area (Å²) in [5.41, 5.74) is 0. The lowest BCUT2D eigenvalue weighted by Crippen LogP contribution is -1.80. The molecule has 0 amide bonds. The van der Waals surface area contributed by atoms with Crippen molar-refractivity contribution in [1.29, 1.82) is 0 Å². The molecule has 0 bridgehead atoms. The molecule has 1 aromatic carbocycles. The molecule has 0 aliphatic carbocycles. The molecule has 0 saturated heterocycles. The summed E-state index contributed by atoms with van der Waals surface area (Å²) in [6.45, 7) is 0. The molecule has 0 fully saturated rings. The van der Waals surface area contributed by atoms with Gasteiger partial charge in [0.05, 0.1) is 10.0 Å². The van der Waals surface area contributed by atoms with Crippen LogP contribution in [-0.4, -0.2) is 4.98 Å². The van der Waals surface area contributed by atoms with Gasteiger partial charge < -0.3 is 0 Å². The monoisotopic (exact) mass is 231 g/mol. The molecular weight excluding hydrogens is 228 g/mol. The van der Waals surface area contributed by atoms with E-state index in [0.717, 1.165) is 5.39 Å². The van der Waals surface area contributed by atoms with Gasteiger partial charge in [-0.05, 0) is 17.5 Å². The topological polar surface area (TPSA) is 12.9 Å². The average molecular weight is 232 g/mol. The van der Waals surface area contributed by atoms with Gasteiger partial charge in [-0.25, -0.2) is 4.98 Å². The third-order valence-electron chi connectivity index (χ3n) is 1.78. The summed E-state index contributed by atoms with van der Waals surface area (Å²) in [7, 11) is 0. The van der Waals surface area contributed by atoms with Crippen molar-refractivity contribution in [3.8, 4) is 0 Å². The number of benzene rings is 1. The van der Waals surface area contributed by atoms with Crippen LogP contribution in [0.15, 0.2) is 24.4 Å². The lowest BCUT2D eigenvalue weighted by Gasteiger charge is -2.02. The van der Waals surface area contributed by atoms with Crippen LogP contribution in [0, 0.1) is 0 Å². The van der Waals surface area contributed by atoms with Crippen molar-refractivity contribution in [2.45, 2.75) is 0 Å². The van der Waals surface area contributed by atoms with E-state index in [1.807, 2.05) is 12.1 Å². The highest BCUT2D eigenvalue weighted by Gasteiger charge is 2.07. The first kappa shape index (κ1) is 9.07. The molecular formula is C9H4Cl3N. The lowest BCUT2D eigenvalue weighted by molar-refractivity contribution is 1.36. The van der Waals surface area contributed by atoms with Crippen LogP contribution in [0.5, 0.6) is 0 Å². The molecule has 2 rings (SSSR count). The van der Waals surface area contributed by atoms with E-state index in [0.29, 0.717) is 20.6 Å². The summed E-state index contributed by atoms with van der Waals surface area (Å²) >= 11 is 17.7. The highest BCUT2D eigenvalue weighted by atomic mass is 35.5. The van der Waals surface area contributed by atoms with Gasteiger partial charge in [0, 0.05) is 11.6 Å². The Bertz CT molecular complexity index is 468. The highest BCUT2D eigenvalue weighted by molar-refractivity contribution is 6.47. The minimum Gasteiger partial charge on any atom is -0.244 e. The summed E-state index contributed by atoms with van der Waals surface area (Å²) in [6, 6.07) is 5.43. The smallest absolute Gasteiger partial charge is 0.138 e. The fourth-order valence-corrected chi connectivity index (χ4v) is 1.89. The maximum Gasteiger partial charge on any atom is 0.138 e. The predicted octanol–water partition coefficient (Wildman–Crippen LogP) is 4.20. The summed E-state index contributed by atoms with van der Waals surface area (Å²) in [6.07, 6.45) is 1.63. The average Bonchev–Trinajstić information content (AvgIpc) is 2.12.